The number of hydrogen-bond acceptors (Lipinski definition) is 3. The molecule has 2 aliphatic heterocycles. The van der Waals surface area contributed by atoms with Crippen molar-refractivity contribution in [3.63, 3.8) is 0 Å². The van der Waals surface area contributed by atoms with Crippen LogP contribution in [0.5, 0.6) is 0 Å². The maximum atomic E-state index is 12.1. The van der Waals surface area contributed by atoms with Gasteiger partial charge >= 0.3 is 5.97 Å². The average molecular weight is 294 g/mol. The maximum absolute atomic E-state index is 12.1. The fourth-order valence-corrected chi connectivity index (χ4v) is 4.98. The van der Waals surface area contributed by atoms with Gasteiger partial charge in [-0.1, -0.05) is 13.8 Å². The Morgan fingerprint density at radius 1 is 1.10 bits per heavy atom. The highest BCUT2D eigenvalue weighted by molar-refractivity contribution is 5.76. The second-order valence-corrected chi connectivity index (χ2v) is 8.32. The molecule has 0 spiro atoms. The van der Waals surface area contributed by atoms with Crippen LogP contribution in [0.4, 0.5) is 0 Å². The van der Waals surface area contributed by atoms with E-state index in [9.17, 15) is 9.90 Å². The fourth-order valence-electron chi connectivity index (χ4n) is 4.98. The molecule has 2 saturated carbocycles. The van der Waals surface area contributed by atoms with Gasteiger partial charge in [-0.05, 0) is 56.3 Å². The van der Waals surface area contributed by atoms with Crippen molar-refractivity contribution in [3.05, 3.63) is 0 Å². The predicted molar refractivity (Wildman–Crippen MR) is 77.0 cm³/mol. The number of carboxylic acid groups (broad SMARTS) is 1. The Balaban J connectivity index is 1.46. The number of ether oxygens (including phenoxy) is 2. The standard InChI is InChI=1S/C17H26O4/c1-16(2)8-13-14(21-13)9-17(16,15(18)19)6-5-10-3-4-11-12(7-10)20-11/h10-14H,3-9H2,1-2H3,(H,18,19). The molecule has 4 aliphatic rings. The SMILES string of the molecule is CC1(C)CC2OC2CC1(CCC1CCC2OC2C1)C(=O)O. The lowest BCUT2D eigenvalue weighted by molar-refractivity contribution is -0.161. The molecule has 118 valence electrons. The van der Waals surface area contributed by atoms with Crippen molar-refractivity contribution in [3.8, 4) is 0 Å². The van der Waals surface area contributed by atoms with Gasteiger partial charge in [-0.15, -0.1) is 0 Å². The van der Waals surface area contributed by atoms with Gasteiger partial charge in [-0.2, -0.15) is 0 Å². The summed E-state index contributed by atoms with van der Waals surface area (Å²) in [6.45, 7) is 4.25. The first kappa shape index (κ1) is 14.0. The molecule has 2 aliphatic carbocycles. The summed E-state index contributed by atoms with van der Waals surface area (Å²) >= 11 is 0. The zero-order chi connectivity index (χ0) is 14.8. The van der Waals surface area contributed by atoms with Gasteiger partial charge in [0, 0.05) is 0 Å². The van der Waals surface area contributed by atoms with Crippen LogP contribution in [0, 0.1) is 16.7 Å². The van der Waals surface area contributed by atoms with Crippen LogP contribution in [0.1, 0.15) is 58.8 Å². The molecule has 2 heterocycles. The lowest BCUT2D eigenvalue weighted by Gasteiger charge is -2.46. The lowest BCUT2D eigenvalue weighted by atomic mass is 9.55. The second kappa shape index (κ2) is 4.45. The highest BCUT2D eigenvalue weighted by Crippen LogP contribution is 2.59. The minimum atomic E-state index is -0.613. The molecule has 1 N–H and O–H groups in total. The number of fused-ring (bicyclic) bond motifs is 2. The van der Waals surface area contributed by atoms with E-state index in [1.807, 2.05) is 0 Å². The Bertz CT molecular complexity index is 460. The number of hydrogen-bond donors (Lipinski definition) is 1. The van der Waals surface area contributed by atoms with Crippen molar-refractivity contribution < 1.29 is 19.4 Å². The number of carboxylic acids is 1. The first-order valence-electron chi connectivity index (χ1n) is 8.46. The van der Waals surface area contributed by atoms with E-state index in [2.05, 4.69) is 13.8 Å². The molecule has 0 aromatic carbocycles. The highest BCUT2D eigenvalue weighted by atomic mass is 16.6. The van der Waals surface area contributed by atoms with Gasteiger partial charge in [0.15, 0.2) is 0 Å². The van der Waals surface area contributed by atoms with Crippen LogP contribution in [-0.2, 0) is 14.3 Å². The van der Waals surface area contributed by atoms with Crippen LogP contribution >= 0.6 is 0 Å². The summed E-state index contributed by atoms with van der Waals surface area (Å²) in [5.41, 5.74) is -0.782. The molecule has 4 rings (SSSR count). The molecular formula is C17H26O4. The minimum absolute atomic E-state index is 0.177. The van der Waals surface area contributed by atoms with Crippen molar-refractivity contribution in [1.29, 1.82) is 0 Å². The quantitative estimate of drug-likeness (QED) is 0.810. The van der Waals surface area contributed by atoms with Crippen LogP contribution in [0.3, 0.4) is 0 Å². The van der Waals surface area contributed by atoms with E-state index in [0.717, 1.165) is 25.7 Å². The molecule has 0 aromatic rings. The maximum Gasteiger partial charge on any atom is 0.310 e. The molecule has 0 aromatic heterocycles. The van der Waals surface area contributed by atoms with Crippen molar-refractivity contribution in [2.45, 2.75) is 83.2 Å². The Labute approximate surface area is 126 Å². The van der Waals surface area contributed by atoms with Crippen molar-refractivity contribution in [2.75, 3.05) is 0 Å². The molecule has 21 heavy (non-hydrogen) atoms. The summed E-state index contributed by atoms with van der Waals surface area (Å²) in [6.07, 6.45) is 8.48. The minimum Gasteiger partial charge on any atom is -0.481 e. The summed E-state index contributed by atoms with van der Waals surface area (Å²) < 4.78 is 11.3. The van der Waals surface area contributed by atoms with Gasteiger partial charge in [-0.3, -0.25) is 4.79 Å². The largest absolute Gasteiger partial charge is 0.481 e. The lowest BCUT2D eigenvalue weighted by Crippen LogP contribution is -2.49. The Kier molecular flexibility index (Phi) is 2.97. The first-order chi connectivity index (χ1) is 9.91. The van der Waals surface area contributed by atoms with E-state index in [0.29, 0.717) is 30.7 Å². The normalized spacial score (nSPS) is 49.9. The van der Waals surface area contributed by atoms with Crippen LogP contribution in [0.2, 0.25) is 0 Å². The average Bonchev–Trinajstić information content (AvgIpc) is 3.28. The third kappa shape index (κ3) is 2.22. The predicted octanol–water partition coefficient (Wildman–Crippen LogP) is 2.99. The van der Waals surface area contributed by atoms with Gasteiger partial charge in [0.25, 0.3) is 0 Å². The molecule has 6 unspecified atom stereocenters. The molecule has 0 amide bonds. The summed E-state index contributed by atoms with van der Waals surface area (Å²) in [4.78, 5) is 12.1. The Hall–Kier alpha value is -0.610. The van der Waals surface area contributed by atoms with E-state index < -0.39 is 11.4 Å². The first-order valence-corrected chi connectivity index (χ1v) is 8.46. The van der Waals surface area contributed by atoms with Crippen molar-refractivity contribution in [2.24, 2.45) is 16.7 Å². The number of epoxide rings is 2. The summed E-state index contributed by atoms with van der Waals surface area (Å²) in [6, 6.07) is 0. The van der Waals surface area contributed by atoms with Gasteiger partial charge in [0.05, 0.1) is 29.8 Å². The summed E-state index contributed by atoms with van der Waals surface area (Å²) in [7, 11) is 0. The molecule has 4 fully saturated rings. The smallest absolute Gasteiger partial charge is 0.310 e. The van der Waals surface area contributed by atoms with Crippen molar-refractivity contribution in [1.82, 2.24) is 0 Å². The van der Waals surface area contributed by atoms with Crippen LogP contribution < -0.4 is 0 Å². The number of aliphatic carboxylic acids is 1. The van der Waals surface area contributed by atoms with E-state index in [1.54, 1.807) is 0 Å². The molecule has 4 heteroatoms. The fraction of sp³-hybridized carbons (Fsp3) is 0.941. The van der Waals surface area contributed by atoms with Crippen molar-refractivity contribution >= 4 is 5.97 Å². The molecule has 0 bridgehead atoms. The van der Waals surface area contributed by atoms with E-state index >= 15 is 0 Å². The number of rotatable bonds is 4. The monoisotopic (exact) mass is 294 g/mol. The van der Waals surface area contributed by atoms with Gasteiger partial charge in [0.2, 0.25) is 0 Å². The summed E-state index contributed by atoms with van der Waals surface area (Å²) in [5, 5.41) is 9.97. The topological polar surface area (TPSA) is 62.4 Å². The number of carbonyl (C=O) groups is 1. The zero-order valence-corrected chi connectivity index (χ0v) is 13.0. The van der Waals surface area contributed by atoms with E-state index in [4.69, 9.17) is 9.47 Å². The third-order valence-corrected chi connectivity index (χ3v) is 6.75. The van der Waals surface area contributed by atoms with E-state index in [-0.39, 0.29) is 11.5 Å². The Morgan fingerprint density at radius 3 is 2.52 bits per heavy atom. The van der Waals surface area contributed by atoms with Gasteiger partial charge in [-0.25, -0.2) is 0 Å². The summed E-state index contributed by atoms with van der Waals surface area (Å²) in [5.74, 6) is 0.0384. The molecule has 2 saturated heterocycles. The highest BCUT2D eigenvalue weighted by Gasteiger charge is 2.62. The molecule has 4 nitrogen and oxygen atoms in total. The van der Waals surface area contributed by atoms with Gasteiger partial charge in [0.1, 0.15) is 0 Å². The van der Waals surface area contributed by atoms with Crippen LogP contribution in [-0.4, -0.2) is 35.5 Å². The molecule has 6 atom stereocenters. The molecule has 0 radical (unpaired) electrons. The van der Waals surface area contributed by atoms with Gasteiger partial charge < -0.3 is 14.6 Å². The second-order valence-electron chi connectivity index (χ2n) is 8.32. The third-order valence-electron chi connectivity index (χ3n) is 6.75. The van der Waals surface area contributed by atoms with Crippen LogP contribution in [0.25, 0.3) is 0 Å². The molecular weight excluding hydrogens is 268 g/mol. The Morgan fingerprint density at radius 2 is 1.81 bits per heavy atom. The van der Waals surface area contributed by atoms with E-state index in [1.165, 1.54) is 12.8 Å². The van der Waals surface area contributed by atoms with Crippen LogP contribution in [0.15, 0.2) is 0 Å². The zero-order valence-electron chi connectivity index (χ0n) is 13.0.